The number of hydrogen-bond donors (Lipinski definition) is 0. The number of aryl methyl sites for hydroxylation is 2. The maximum Gasteiger partial charge on any atom is 0.344 e. The van der Waals surface area contributed by atoms with E-state index in [1.54, 1.807) is 30.3 Å². The highest BCUT2D eigenvalue weighted by Crippen LogP contribution is 2.23. The highest BCUT2D eigenvalue weighted by Gasteiger charge is 2.32. The smallest absolute Gasteiger partial charge is 0.344 e. The first-order valence-electron chi connectivity index (χ1n) is 11.6. The van der Waals surface area contributed by atoms with E-state index in [9.17, 15) is 19.2 Å². The van der Waals surface area contributed by atoms with Gasteiger partial charge < -0.3 is 9.57 Å². The van der Waals surface area contributed by atoms with Gasteiger partial charge in [0, 0.05) is 30.4 Å². The Hall–Kier alpha value is -4.59. The molecule has 1 aliphatic heterocycles. The molecule has 8 nitrogen and oxygen atoms in total. The zero-order valence-corrected chi connectivity index (χ0v) is 19.6. The molecule has 0 bridgehead atoms. The Kier molecular flexibility index (Phi) is 6.16. The zero-order chi connectivity index (χ0) is 25.2. The summed E-state index contributed by atoms with van der Waals surface area (Å²) in [5.41, 5.74) is 3.26. The fourth-order valence-corrected chi connectivity index (χ4v) is 4.31. The molecular formula is C28H23N2O6+. The molecule has 0 radical (unpaired) electrons. The quantitative estimate of drug-likeness (QED) is 0.137. The van der Waals surface area contributed by atoms with E-state index in [0.29, 0.717) is 22.8 Å². The summed E-state index contributed by atoms with van der Waals surface area (Å²) < 4.78 is 7.68. The molecule has 4 aromatic rings. The zero-order valence-electron chi connectivity index (χ0n) is 19.6. The van der Waals surface area contributed by atoms with Gasteiger partial charge in [-0.15, -0.1) is 5.06 Å². The van der Waals surface area contributed by atoms with E-state index in [2.05, 4.69) is 4.57 Å². The minimum atomic E-state index is -0.661. The maximum atomic E-state index is 13.0. The average molecular weight is 484 g/mol. The minimum absolute atomic E-state index is 0.00280. The van der Waals surface area contributed by atoms with Gasteiger partial charge in [0.25, 0.3) is 11.8 Å². The van der Waals surface area contributed by atoms with Gasteiger partial charge in [-0.25, -0.2) is 9.59 Å². The summed E-state index contributed by atoms with van der Waals surface area (Å²) in [5, 5.41) is 2.36. The van der Waals surface area contributed by atoms with Crippen molar-refractivity contribution in [2.24, 2.45) is 7.05 Å². The lowest BCUT2D eigenvalue weighted by Crippen LogP contribution is -2.32. The number of fused-ring (bicyclic) bond motifs is 2. The number of para-hydroxylation sites is 1. The molecule has 1 aromatic heterocycles. The Labute approximate surface area is 206 Å². The summed E-state index contributed by atoms with van der Waals surface area (Å²) in [6.45, 7) is 0. The Morgan fingerprint density at radius 1 is 0.889 bits per heavy atom. The van der Waals surface area contributed by atoms with Crippen molar-refractivity contribution < 1.29 is 33.3 Å². The predicted octanol–water partition coefficient (Wildman–Crippen LogP) is 3.58. The van der Waals surface area contributed by atoms with Gasteiger partial charge in [0.15, 0.2) is 0 Å². The van der Waals surface area contributed by atoms with Crippen LogP contribution in [-0.2, 0) is 32.7 Å². The van der Waals surface area contributed by atoms with Crippen molar-refractivity contribution in [2.45, 2.75) is 25.7 Å². The normalized spacial score (nSPS) is 13.4. The van der Waals surface area contributed by atoms with Crippen LogP contribution >= 0.6 is 0 Å². The van der Waals surface area contributed by atoms with E-state index in [1.807, 2.05) is 49.5 Å². The number of hydroxylamine groups is 2. The van der Waals surface area contributed by atoms with E-state index in [-0.39, 0.29) is 19.3 Å². The molecule has 1 fully saturated rings. The molecule has 0 atom stereocenters. The first kappa shape index (κ1) is 23.2. The largest absolute Gasteiger partial charge is 0.423 e. The van der Waals surface area contributed by atoms with Crippen molar-refractivity contribution in [2.75, 3.05) is 0 Å². The lowest BCUT2D eigenvalue weighted by molar-refractivity contribution is -0.617. The number of aromatic nitrogens is 1. The summed E-state index contributed by atoms with van der Waals surface area (Å²) in [7, 11) is 1.97. The second kappa shape index (κ2) is 9.58. The topological polar surface area (TPSA) is 93.9 Å². The number of benzene rings is 3. The molecule has 3 aromatic carbocycles. The molecule has 0 saturated carbocycles. The van der Waals surface area contributed by atoms with Crippen LogP contribution in [0.15, 0.2) is 72.8 Å². The number of carbonyl (C=O) groups is 4. The van der Waals surface area contributed by atoms with Gasteiger partial charge in [0.1, 0.15) is 12.8 Å². The van der Waals surface area contributed by atoms with Crippen LogP contribution in [0.3, 0.4) is 0 Å². The van der Waals surface area contributed by atoms with Crippen LogP contribution in [0.5, 0.6) is 5.75 Å². The lowest BCUT2D eigenvalue weighted by atomic mass is 10.0. The van der Waals surface area contributed by atoms with Gasteiger partial charge >= 0.3 is 11.9 Å². The molecule has 0 N–H and O–H groups in total. The molecule has 8 heteroatoms. The SMILES string of the molecule is C[n+]1c2ccccc2cc2c(C(=O)Oc3ccc(CCC(=O)ON4C(=O)CCC4=O)cc3)cccc21. The number of carbonyl (C=O) groups excluding carboxylic acids is 4. The lowest BCUT2D eigenvalue weighted by Gasteiger charge is -2.12. The fourth-order valence-electron chi connectivity index (χ4n) is 4.31. The highest BCUT2D eigenvalue weighted by atomic mass is 16.7. The Morgan fingerprint density at radius 2 is 1.58 bits per heavy atom. The molecule has 5 rings (SSSR count). The first-order chi connectivity index (χ1) is 17.4. The van der Waals surface area contributed by atoms with Crippen molar-refractivity contribution in [3.8, 4) is 5.75 Å². The van der Waals surface area contributed by atoms with E-state index in [4.69, 9.17) is 9.57 Å². The summed E-state index contributed by atoms with van der Waals surface area (Å²) in [6.07, 6.45) is 0.452. The van der Waals surface area contributed by atoms with E-state index >= 15 is 0 Å². The Bertz CT molecular complexity index is 1510. The van der Waals surface area contributed by atoms with E-state index in [1.165, 1.54) is 0 Å². The monoisotopic (exact) mass is 483 g/mol. The molecule has 1 saturated heterocycles. The Balaban J connectivity index is 1.26. The number of ether oxygens (including phenoxy) is 1. The summed E-state index contributed by atoms with van der Waals surface area (Å²) in [6, 6.07) is 22.3. The molecule has 0 aliphatic carbocycles. The van der Waals surface area contributed by atoms with Gasteiger partial charge in [-0.05, 0) is 42.3 Å². The molecule has 2 amide bonds. The van der Waals surface area contributed by atoms with Crippen molar-refractivity contribution in [3.63, 3.8) is 0 Å². The molecule has 36 heavy (non-hydrogen) atoms. The summed E-state index contributed by atoms with van der Waals surface area (Å²) >= 11 is 0. The standard InChI is InChI=1S/C28H23N2O6/c1-29-23-7-3-2-5-19(23)17-22-21(6-4-8-24(22)29)28(34)35-20-12-9-18(10-13-20)11-16-27(33)36-30-25(31)14-15-26(30)32/h2-10,12-13,17H,11,14-16H2,1H3/q+1. The number of nitrogens with zero attached hydrogens (tertiary/aromatic N) is 2. The van der Waals surface area contributed by atoms with Crippen molar-refractivity contribution in [3.05, 3.63) is 83.9 Å². The van der Waals surface area contributed by atoms with Gasteiger partial charge in [-0.3, -0.25) is 9.59 Å². The van der Waals surface area contributed by atoms with Crippen LogP contribution in [-0.4, -0.2) is 28.8 Å². The summed E-state index contributed by atoms with van der Waals surface area (Å²) in [4.78, 5) is 53.0. The van der Waals surface area contributed by atoms with Crippen LogP contribution in [0.4, 0.5) is 0 Å². The average Bonchev–Trinajstić information content (AvgIpc) is 3.20. The predicted molar refractivity (Wildman–Crippen MR) is 130 cm³/mol. The number of rotatable bonds is 6. The first-order valence-corrected chi connectivity index (χ1v) is 11.6. The second-order valence-corrected chi connectivity index (χ2v) is 8.58. The number of pyridine rings is 1. The van der Waals surface area contributed by atoms with E-state index < -0.39 is 23.8 Å². The molecule has 180 valence electrons. The highest BCUT2D eigenvalue weighted by molar-refractivity contribution is 6.05. The third-order valence-electron chi connectivity index (χ3n) is 6.21. The fraction of sp³-hybridized carbons (Fsp3) is 0.179. The molecule has 0 unspecified atom stereocenters. The van der Waals surface area contributed by atoms with Crippen molar-refractivity contribution in [1.29, 1.82) is 0 Å². The third-order valence-corrected chi connectivity index (χ3v) is 6.21. The number of imide groups is 1. The van der Waals surface area contributed by atoms with Crippen LogP contribution in [0, 0.1) is 0 Å². The van der Waals surface area contributed by atoms with Crippen molar-refractivity contribution >= 4 is 45.6 Å². The van der Waals surface area contributed by atoms with Crippen LogP contribution in [0.2, 0.25) is 0 Å². The summed E-state index contributed by atoms with van der Waals surface area (Å²) in [5.74, 6) is -1.76. The van der Waals surface area contributed by atoms with Crippen LogP contribution in [0.1, 0.15) is 35.2 Å². The second-order valence-electron chi connectivity index (χ2n) is 8.58. The minimum Gasteiger partial charge on any atom is -0.423 e. The molecular weight excluding hydrogens is 460 g/mol. The van der Waals surface area contributed by atoms with Gasteiger partial charge in [0.05, 0.1) is 17.4 Å². The molecule has 1 aliphatic rings. The molecule has 0 spiro atoms. The molecule has 2 heterocycles. The van der Waals surface area contributed by atoms with Gasteiger partial charge in [0.2, 0.25) is 11.0 Å². The number of amides is 2. The van der Waals surface area contributed by atoms with E-state index in [0.717, 1.165) is 27.4 Å². The maximum absolute atomic E-state index is 13.0. The third kappa shape index (κ3) is 4.53. The number of esters is 1. The van der Waals surface area contributed by atoms with Crippen molar-refractivity contribution in [1.82, 2.24) is 5.06 Å². The number of hydrogen-bond acceptors (Lipinski definition) is 6. The van der Waals surface area contributed by atoms with Crippen LogP contribution in [0.25, 0.3) is 21.8 Å². The van der Waals surface area contributed by atoms with Gasteiger partial charge in [-0.1, -0.05) is 30.3 Å². The Morgan fingerprint density at radius 3 is 2.33 bits per heavy atom. The van der Waals surface area contributed by atoms with Gasteiger partial charge in [-0.2, -0.15) is 4.57 Å². The van der Waals surface area contributed by atoms with Crippen LogP contribution < -0.4 is 9.30 Å².